The standard InChI is InChI=1S/C21H18F2N4/c1-20(2)13-6-8-21(20,17-7-9-24-11-25-17)19-12(13)10-16(26-27-19)18-14(22)4-3-5-15(18)23/h3-5,7,9-11,13H,6,8H2,1-2H3/t13-,21+/m1/s1. The molecular weight excluding hydrogens is 346 g/mol. The second-order valence-electron chi connectivity index (χ2n) is 7.94. The van der Waals surface area contributed by atoms with Crippen molar-refractivity contribution in [3.05, 3.63) is 71.4 Å². The molecule has 2 atom stereocenters. The summed E-state index contributed by atoms with van der Waals surface area (Å²) in [6.07, 6.45) is 5.21. The summed E-state index contributed by atoms with van der Waals surface area (Å²) in [4.78, 5) is 8.58. The molecule has 0 N–H and O–H groups in total. The number of hydrogen-bond donors (Lipinski definition) is 0. The molecule has 1 fully saturated rings. The molecule has 5 rings (SSSR count). The van der Waals surface area contributed by atoms with Crippen molar-refractivity contribution in [1.82, 2.24) is 20.2 Å². The predicted octanol–water partition coefficient (Wildman–Crippen LogP) is 4.42. The highest BCUT2D eigenvalue weighted by atomic mass is 19.1. The molecule has 0 aliphatic heterocycles. The molecule has 0 amide bonds. The molecule has 0 saturated heterocycles. The third-order valence-electron chi connectivity index (χ3n) is 6.62. The van der Waals surface area contributed by atoms with E-state index >= 15 is 0 Å². The highest BCUT2D eigenvalue weighted by Crippen LogP contribution is 2.69. The summed E-state index contributed by atoms with van der Waals surface area (Å²) in [6, 6.07) is 7.59. The van der Waals surface area contributed by atoms with E-state index in [1.807, 2.05) is 12.1 Å². The highest BCUT2D eigenvalue weighted by Gasteiger charge is 2.64. The zero-order valence-electron chi connectivity index (χ0n) is 15.1. The Labute approximate surface area is 155 Å². The van der Waals surface area contributed by atoms with E-state index in [2.05, 4.69) is 34.0 Å². The lowest BCUT2D eigenvalue weighted by atomic mass is 9.66. The molecule has 0 spiro atoms. The second-order valence-corrected chi connectivity index (χ2v) is 7.94. The van der Waals surface area contributed by atoms with Crippen LogP contribution in [0.2, 0.25) is 0 Å². The van der Waals surface area contributed by atoms with Gasteiger partial charge in [0.2, 0.25) is 0 Å². The largest absolute Gasteiger partial charge is 0.245 e. The van der Waals surface area contributed by atoms with E-state index in [1.54, 1.807) is 12.5 Å². The first-order chi connectivity index (χ1) is 13.0. The number of hydrogen-bond acceptors (Lipinski definition) is 4. The van der Waals surface area contributed by atoms with E-state index in [-0.39, 0.29) is 28.0 Å². The Morgan fingerprint density at radius 1 is 1.07 bits per heavy atom. The fourth-order valence-electron chi connectivity index (χ4n) is 5.30. The molecule has 6 heteroatoms. The van der Waals surface area contributed by atoms with Crippen LogP contribution in [0.5, 0.6) is 0 Å². The lowest BCUT2D eigenvalue weighted by Crippen LogP contribution is -2.37. The van der Waals surface area contributed by atoms with Gasteiger partial charge in [0.25, 0.3) is 0 Å². The van der Waals surface area contributed by atoms with Gasteiger partial charge < -0.3 is 0 Å². The van der Waals surface area contributed by atoms with Crippen molar-refractivity contribution in [2.45, 2.75) is 38.0 Å². The monoisotopic (exact) mass is 364 g/mol. The number of benzene rings is 1. The first-order valence-electron chi connectivity index (χ1n) is 9.06. The minimum absolute atomic E-state index is 0.120. The molecule has 27 heavy (non-hydrogen) atoms. The molecule has 2 aliphatic carbocycles. The van der Waals surface area contributed by atoms with Crippen LogP contribution in [0.1, 0.15) is 49.6 Å². The van der Waals surface area contributed by atoms with Crippen LogP contribution >= 0.6 is 0 Å². The Morgan fingerprint density at radius 2 is 1.85 bits per heavy atom. The Hall–Kier alpha value is -2.76. The predicted molar refractivity (Wildman–Crippen MR) is 96.0 cm³/mol. The average molecular weight is 364 g/mol. The molecule has 3 aromatic rings. The first kappa shape index (κ1) is 16.4. The fourth-order valence-corrected chi connectivity index (χ4v) is 5.30. The molecule has 1 saturated carbocycles. The number of halogens is 2. The van der Waals surface area contributed by atoms with E-state index in [1.165, 1.54) is 18.2 Å². The summed E-state index contributed by atoms with van der Waals surface area (Å²) in [6.45, 7) is 4.44. The van der Waals surface area contributed by atoms with Gasteiger partial charge in [-0.25, -0.2) is 18.7 Å². The van der Waals surface area contributed by atoms with Gasteiger partial charge in [-0.1, -0.05) is 19.9 Å². The molecule has 4 nitrogen and oxygen atoms in total. The van der Waals surface area contributed by atoms with Crippen molar-refractivity contribution >= 4 is 0 Å². The van der Waals surface area contributed by atoms with E-state index in [9.17, 15) is 8.78 Å². The van der Waals surface area contributed by atoms with E-state index < -0.39 is 11.6 Å². The molecular formula is C21H18F2N4. The van der Waals surface area contributed by atoms with Crippen LogP contribution in [-0.2, 0) is 5.41 Å². The van der Waals surface area contributed by atoms with Crippen molar-refractivity contribution in [3.63, 3.8) is 0 Å². The van der Waals surface area contributed by atoms with Crippen LogP contribution in [0, 0.1) is 17.0 Å². The van der Waals surface area contributed by atoms with Gasteiger partial charge >= 0.3 is 0 Å². The Morgan fingerprint density at radius 3 is 2.56 bits per heavy atom. The highest BCUT2D eigenvalue weighted by molar-refractivity contribution is 5.64. The van der Waals surface area contributed by atoms with Gasteiger partial charge in [-0.05, 0) is 54.0 Å². The van der Waals surface area contributed by atoms with Gasteiger partial charge in [-0.2, -0.15) is 5.10 Å². The number of aromatic nitrogens is 4. The third kappa shape index (κ3) is 1.95. The van der Waals surface area contributed by atoms with Gasteiger partial charge in [0.15, 0.2) is 0 Å². The van der Waals surface area contributed by atoms with Crippen molar-refractivity contribution in [1.29, 1.82) is 0 Å². The summed E-state index contributed by atoms with van der Waals surface area (Å²) < 4.78 is 28.5. The normalized spacial score (nSPS) is 24.8. The van der Waals surface area contributed by atoms with Crippen LogP contribution in [0.4, 0.5) is 8.78 Å². The maximum atomic E-state index is 14.2. The molecule has 136 valence electrons. The molecule has 2 aromatic heterocycles. The third-order valence-corrected chi connectivity index (χ3v) is 6.62. The maximum absolute atomic E-state index is 14.2. The van der Waals surface area contributed by atoms with Gasteiger partial charge in [0, 0.05) is 6.20 Å². The molecule has 2 aliphatic rings. The average Bonchev–Trinajstić information content (AvgIpc) is 3.04. The summed E-state index contributed by atoms with van der Waals surface area (Å²) >= 11 is 0. The van der Waals surface area contributed by atoms with Crippen LogP contribution in [0.15, 0.2) is 42.9 Å². The lowest BCUT2D eigenvalue weighted by molar-refractivity contribution is 0.242. The van der Waals surface area contributed by atoms with Crippen LogP contribution in [0.3, 0.4) is 0 Å². The number of fused-ring (bicyclic) bond motifs is 5. The smallest absolute Gasteiger partial charge is 0.135 e. The van der Waals surface area contributed by atoms with Gasteiger partial charge in [-0.15, -0.1) is 5.10 Å². The van der Waals surface area contributed by atoms with Crippen molar-refractivity contribution in [2.75, 3.05) is 0 Å². The van der Waals surface area contributed by atoms with E-state index in [4.69, 9.17) is 0 Å². The zero-order valence-corrected chi connectivity index (χ0v) is 15.1. The molecule has 1 aromatic carbocycles. The minimum atomic E-state index is -0.628. The van der Waals surface area contributed by atoms with Crippen molar-refractivity contribution < 1.29 is 8.78 Å². The van der Waals surface area contributed by atoms with Gasteiger partial charge in [-0.3, -0.25) is 0 Å². The Kier molecular flexibility index (Phi) is 3.27. The Balaban J connectivity index is 1.74. The van der Waals surface area contributed by atoms with Crippen LogP contribution in [0.25, 0.3) is 11.3 Å². The van der Waals surface area contributed by atoms with Crippen molar-refractivity contribution in [2.24, 2.45) is 5.41 Å². The first-order valence-corrected chi connectivity index (χ1v) is 9.06. The van der Waals surface area contributed by atoms with Crippen LogP contribution < -0.4 is 0 Å². The van der Waals surface area contributed by atoms with Crippen molar-refractivity contribution in [3.8, 4) is 11.3 Å². The van der Waals surface area contributed by atoms with E-state index in [0.717, 1.165) is 29.8 Å². The number of nitrogens with zero attached hydrogens (tertiary/aromatic N) is 4. The summed E-state index contributed by atoms with van der Waals surface area (Å²) in [7, 11) is 0. The SMILES string of the molecule is CC1(C)[C@@H]2CC[C@]1(c1ccncn1)c1nnc(-c3c(F)cccc3F)cc12. The maximum Gasteiger partial charge on any atom is 0.135 e. The quantitative estimate of drug-likeness (QED) is 0.676. The summed E-state index contributed by atoms with van der Waals surface area (Å²) in [5.41, 5.74) is 2.48. The fraction of sp³-hybridized carbons (Fsp3) is 0.333. The second kappa shape index (κ2) is 5.38. The van der Waals surface area contributed by atoms with Crippen LogP contribution in [-0.4, -0.2) is 20.2 Å². The molecule has 0 radical (unpaired) electrons. The molecule has 2 bridgehead atoms. The van der Waals surface area contributed by atoms with Gasteiger partial charge in [0.05, 0.1) is 28.1 Å². The topological polar surface area (TPSA) is 51.6 Å². The summed E-state index contributed by atoms with van der Waals surface area (Å²) in [5.74, 6) is -1.01. The molecule has 0 unspecified atom stereocenters. The lowest BCUT2D eigenvalue weighted by Gasteiger charge is -2.37. The number of rotatable bonds is 2. The Bertz CT molecular complexity index is 1030. The minimum Gasteiger partial charge on any atom is -0.245 e. The molecule has 2 heterocycles. The van der Waals surface area contributed by atoms with Gasteiger partial charge in [0.1, 0.15) is 18.0 Å². The van der Waals surface area contributed by atoms with E-state index in [0.29, 0.717) is 0 Å². The summed E-state index contributed by atoms with van der Waals surface area (Å²) in [5, 5.41) is 8.72. The zero-order chi connectivity index (χ0) is 18.8.